The molecule has 1 aliphatic carbocycles. The van der Waals surface area contributed by atoms with Crippen LogP contribution in [0, 0.1) is 0 Å². The quantitative estimate of drug-likeness (QED) is 0.814. The van der Waals surface area contributed by atoms with Gasteiger partial charge in [-0.15, -0.1) is 0 Å². The molecule has 1 aliphatic rings. The lowest BCUT2D eigenvalue weighted by Crippen LogP contribution is -2.14. The van der Waals surface area contributed by atoms with Crippen molar-refractivity contribution in [3.8, 4) is 5.75 Å². The van der Waals surface area contributed by atoms with E-state index in [0.717, 1.165) is 18.6 Å². The van der Waals surface area contributed by atoms with Gasteiger partial charge >= 0.3 is 0 Å². The van der Waals surface area contributed by atoms with Crippen molar-refractivity contribution in [2.24, 2.45) is 5.73 Å². The lowest BCUT2D eigenvalue weighted by atomic mass is 9.97. The van der Waals surface area contributed by atoms with E-state index in [4.69, 9.17) is 10.5 Å². The summed E-state index contributed by atoms with van der Waals surface area (Å²) in [6, 6.07) is 6.07. The van der Waals surface area contributed by atoms with Gasteiger partial charge in [0.2, 0.25) is 5.91 Å². The van der Waals surface area contributed by atoms with E-state index < -0.39 is 0 Å². The van der Waals surface area contributed by atoms with E-state index in [-0.39, 0.29) is 11.8 Å². The van der Waals surface area contributed by atoms with Crippen LogP contribution in [0.25, 0.3) is 0 Å². The summed E-state index contributed by atoms with van der Waals surface area (Å²) in [6.45, 7) is 0. The molecule has 0 heterocycles. The van der Waals surface area contributed by atoms with Gasteiger partial charge in [-0.3, -0.25) is 4.79 Å². The minimum absolute atomic E-state index is 0.226. The maximum Gasteiger partial charge on any atom is 0.218 e. The average molecular weight is 205 g/mol. The van der Waals surface area contributed by atoms with Crippen LogP contribution in [0.15, 0.2) is 18.2 Å². The summed E-state index contributed by atoms with van der Waals surface area (Å²) in [5.41, 5.74) is 7.78. The zero-order valence-corrected chi connectivity index (χ0v) is 8.82. The lowest BCUT2D eigenvalue weighted by Gasteiger charge is -2.10. The number of carbonyl (C=O) groups excluding carboxylic acids is 1. The number of benzene rings is 1. The van der Waals surface area contributed by atoms with Crippen molar-refractivity contribution in [2.45, 2.75) is 25.2 Å². The monoisotopic (exact) mass is 205 g/mol. The van der Waals surface area contributed by atoms with E-state index in [2.05, 4.69) is 6.07 Å². The molecule has 0 bridgehead atoms. The Balaban J connectivity index is 2.27. The van der Waals surface area contributed by atoms with Gasteiger partial charge in [-0.2, -0.15) is 0 Å². The molecule has 1 aromatic rings. The molecule has 15 heavy (non-hydrogen) atoms. The van der Waals surface area contributed by atoms with Gasteiger partial charge in [0, 0.05) is 6.42 Å². The van der Waals surface area contributed by atoms with Crippen LogP contribution in [0.3, 0.4) is 0 Å². The highest BCUT2D eigenvalue weighted by atomic mass is 16.5. The van der Waals surface area contributed by atoms with E-state index in [1.807, 2.05) is 12.1 Å². The largest absolute Gasteiger partial charge is 0.497 e. The minimum atomic E-state index is -0.226. The van der Waals surface area contributed by atoms with Crippen LogP contribution in [-0.2, 0) is 11.2 Å². The molecule has 0 spiro atoms. The van der Waals surface area contributed by atoms with E-state index in [0.29, 0.717) is 6.42 Å². The Bertz CT molecular complexity index is 387. The Morgan fingerprint density at radius 3 is 3.07 bits per heavy atom. The number of aryl methyl sites for hydroxylation is 1. The first kappa shape index (κ1) is 10.0. The fraction of sp³-hybridized carbons (Fsp3) is 0.417. The summed E-state index contributed by atoms with van der Waals surface area (Å²) in [6.07, 6.45) is 2.50. The third kappa shape index (κ3) is 1.96. The standard InChI is InChI=1S/C12H15NO2/c1-15-10-5-4-8-2-3-9(6-12(13)14)11(8)7-10/h4-5,7,9H,2-3,6H2,1H3,(H2,13,14). The average Bonchev–Trinajstić information content (AvgIpc) is 2.60. The fourth-order valence-corrected chi connectivity index (χ4v) is 2.25. The molecule has 80 valence electrons. The summed E-state index contributed by atoms with van der Waals surface area (Å²) in [5, 5.41) is 0. The number of rotatable bonds is 3. The second-order valence-electron chi connectivity index (χ2n) is 3.97. The Labute approximate surface area is 89.2 Å². The number of hydrogen-bond acceptors (Lipinski definition) is 2. The highest BCUT2D eigenvalue weighted by molar-refractivity contribution is 5.75. The Kier molecular flexibility index (Phi) is 2.62. The number of nitrogens with two attached hydrogens (primary N) is 1. The Morgan fingerprint density at radius 1 is 1.60 bits per heavy atom. The van der Waals surface area contributed by atoms with Crippen LogP contribution in [-0.4, -0.2) is 13.0 Å². The van der Waals surface area contributed by atoms with E-state index in [1.165, 1.54) is 11.1 Å². The smallest absolute Gasteiger partial charge is 0.218 e. The molecule has 1 amide bonds. The first-order valence-corrected chi connectivity index (χ1v) is 5.16. The van der Waals surface area contributed by atoms with Crippen LogP contribution >= 0.6 is 0 Å². The first-order valence-electron chi connectivity index (χ1n) is 5.16. The zero-order valence-electron chi connectivity index (χ0n) is 8.82. The highest BCUT2D eigenvalue weighted by Gasteiger charge is 2.24. The maximum absolute atomic E-state index is 10.9. The molecule has 0 radical (unpaired) electrons. The highest BCUT2D eigenvalue weighted by Crippen LogP contribution is 2.37. The third-order valence-electron chi connectivity index (χ3n) is 3.00. The van der Waals surface area contributed by atoms with Crippen molar-refractivity contribution >= 4 is 5.91 Å². The minimum Gasteiger partial charge on any atom is -0.497 e. The van der Waals surface area contributed by atoms with Gasteiger partial charge in [0.15, 0.2) is 0 Å². The van der Waals surface area contributed by atoms with E-state index in [1.54, 1.807) is 7.11 Å². The predicted molar refractivity (Wildman–Crippen MR) is 57.9 cm³/mol. The summed E-state index contributed by atoms with van der Waals surface area (Å²) < 4.78 is 5.18. The molecular formula is C12H15NO2. The molecule has 0 saturated carbocycles. The number of methoxy groups -OCH3 is 1. The van der Waals surface area contributed by atoms with Gasteiger partial charge in [-0.25, -0.2) is 0 Å². The second kappa shape index (κ2) is 3.93. The van der Waals surface area contributed by atoms with Crippen molar-refractivity contribution in [3.05, 3.63) is 29.3 Å². The normalized spacial score (nSPS) is 18.6. The van der Waals surface area contributed by atoms with Gasteiger partial charge in [-0.1, -0.05) is 6.07 Å². The van der Waals surface area contributed by atoms with Crippen molar-refractivity contribution in [1.82, 2.24) is 0 Å². The number of amides is 1. The fourth-order valence-electron chi connectivity index (χ4n) is 2.25. The van der Waals surface area contributed by atoms with Crippen LogP contribution in [0.4, 0.5) is 0 Å². The third-order valence-corrected chi connectivity index (χ3v) is 3.00. The molecule has 0 saturated heterocycles. The SMILES string of the molecule is COc1ccc2c(c1)C(CC(N)=O)CC2. The molecule has 1 atom stereocenters. The van der Waals surface area contributed by atoms with Crippen LogP contribution < -0.4 is 10.5 Å². The van der Waals surface area contributed by atoms with Crippen molar-refractivity contribution in [3.63, 3.8) is 0 Å². The molecule has 0 aliphatic heterocycles. The molecular weight excluding hydrogens is 190 g/mol. The summed E-state index contributed by atoms with van der Waals surface area (Å²) in [7, 11) is 1.65. The molecule has 3 heteroatoms. The number of hydrogen-bond donors (Lipinski definition) is 1. The van der Waals surface area contributed by atoms with Crippen molar-refractivity contribution in [2.75, 3.05) is 7.11 Å². The van der Waals surface area contributed by atoms with Crippen LogP contribution in [0.5, 0.6) is 5.75 Å². The Morgan fingerprint density at radius 2 is 2.40 bits per heavy atom. The number of ether oxygens (including phenoxy) is 1. The summed E-state index contributed by atoms with van der Waals surface area (Å²) >= 11 is 0. The summed E-state index contributed by atoms with van der Waals surface area (Å²) in [4.78, 5) is 10.9. The molecule has 0 aromatic heterocycles. The number of fused-ring (bicyclic) bond motifs is 1. The van der Waals surface area contributed by atoms with Gasteiger partial charge in [-0.05, 0) is 42.0 Å². The second-order valence-corrected chi connectivity index (χ2v) is 3.97. The van der Waals surface area contributed by atoms with Gasteiger partial charge < -0.3 is 10.5 Å². The molecule has 0 fully saturated rings. The van der Waals surface area contributed by atoms with Crippen molar-refractivity contribution in [1.29, 1.82) is 0 Å². The number of primary amides is 1. The molecule has 3 nitrogen and oxygen atoms in total. The van der Waals surface area contributed by atoms with Crippen LogP contribution in [0.2, 0.25) is 0 Å². The topological polar surface area (TPSA) is 52.3 Å². The van der Waals surface area contributed by atoms with Gasteiger partial charge in [0.25, 0.3) is 0 Å². The number of carbonyl (C=O) groups is 1. The summed E-state index contributed by atoms with van der Waals surface area (Å²) in [5.74, 6) is 0.911. The predicted octanol–water partition coefficient (Wildman–Crippen LogP) is 1.60. The zero-order chi connectivity index (χ0) is 10.8. The molecule has 2 rings (SSSR count). The van der Waals surface area contributed by atoms with Crippen LogP contribution in [0.1, 0.15) is 29.9 Å². The van der Waals surface area contributed by atoms with Gasteiger partial charge in [0.05, 0.1) is 7.11 Å². The first-order chi connectivity index (χ1) is 7.20. The maximum atomic E-state index is 10.9. The molecule has 2 N–H and O–H groups in total. The lowest BCUT2D eigenvalue weighted by molar-refractivity contribution is -0.118. The molecule has 1 aromatic carbocycles. The van der Waals surface area contributed by atoms with Gasteiger partial charge in [0.1, 0.15) is 5.75 Å². The van der Waals surface area contributed by atoms with Crippen molar-refractivity contribution < 1.29 is 9.53 Å². The molecule has 1 unspecified atom stereocenters. The van der Waals surface area contributed by atoms with E-state index >= 15 is 0 Å². The Hall–Kier alpha value is -1.51. The van der Waals surface area contributed by atoms with E-state index in [9.17, 15) is 4.79 Å².